The van der Waals surface area contributed by atoms with Crippen molar-refractivity contribution in [2.24, 2.45) is 0 Å². The minimum atomic E-state index is 0.613. The van der Waals surface area contributed by atoms with Gasteiger partial charge in [-0.2, -0.15) is 16.9 Å². The van der Waals surface area contributed by atoms with Crippen LogP contribution in [0.5, 0.6) is 0 Å². The lowest BCUT2D eigenvalue weighted by Gasteiger charge is -2.04. The van der Waals surface area contributed by atoms with Gasteiger partial charge in [-0.25, -0.2) is 0 Å². The average molecular weight is 169 g/mol. The molecule has 1 saturated heterocycles. The number of thioether (sulfide) groups is 1. The highest BCUT2D eigenvalue weighted by molar-refractivity contribution is 7.99. The van der Waals surface area contributed by atoms with Gasteiger partial charge in [-0.3, -0.25) is 5.10 Å². The summed E-state index contributed by atoms with van der Waals surface area (Å²) in [7, 11) is 0. The number of nitrogen functional groups attached to an aromatic ring is 1. The zero-order valence-corrected chi connectivity index (χ0v) is 7.03. The number of aromatic amines is 1. The monoisotopic (exact) mass is 169 g/mol. The number of H-pyrrole nitrogens is 1. The van der Waals surface area contributed by atoms with Crippen LogP contribution in [0.15, 0.2) is 6.20 Å². The molecule has 1 unspecified atom stereocenters. The van der Waals surface area contributed by atoms with E-state index in [4.69, 9.17) is 5.73 Å². The molecule has 3 N–H and O–H groups in total. The van der Waals surface area contributed by atoms with E-state index in [9.17, 15) is 0 Å². The van der Waals surface area contributed by atoms with Crippen molar-refractivity contribution in [3.05, 3.63) is 11.9 Å². The maximum atomic E-state index is 5.72. The van der Waals surface area contributed by atoms with Gasteiger partial charge in [0.1, 0.15) is 0 Å². The average Bonchev–Trinajstić information content (AvgIpc) is 2.55. The van der Waals surface area contributed by atoms with Crippen LogP contribution in [0.25, 0.3) is 0 Å². The molecular formula is C7H11N3S. The molecule has 11 heavy (non-hydrogen) atoms. The van der Waals surface area contributed by atoms with E-state index >= 15 is 0 Å². The molecule has 0 aliphatic carbocycles. The van der Waals surface area contributed by atoms with Gasteiger partial charge in [-0.05, 0) is 12.2 Å². The number of anilines is 1. The van der Waals surface area contributed by atoms with E-state index in [2.05, 4.69) is 10.2 Å². The lowest BCUT2D eigenvalue weighted by Crippen LogP contribution is -2.00. The fraction of sp³-hybridized carbons (Fsp3) is 0.571. The molecule has 1 aliphatic rings. The van der Waals surface area contributed by atoms with E-state index < -0.39 is 0 Å². The van der Waals surface area contributed by atoms with E-state index in [1.54, 1.807) is 6.20 Å². The Kier molecular flexibility index (Phi) is 1.77. The molecule has 2 heterocycles. The minimum absolute atomic E-state index is 0.613. The van der Waals surface area contributed by atoms with Gasteiger partial charge >= 0.3 is 0 Å². The number of hydrogen-bond donors (Lipinski definition) is 2. The Balaban J connectivity index is 2.21. The molecule has 1 aromatic rings. The van der Waals surface area contributed by atoms with Crippen molar-refractivity contribution < 1.29 is 0 Å². The van der Waals surface area contributed by atoms with Crippen molar-refractivity contribution >= 4 is 17.4 Å². The van der Waals surface area contributed by atoms with Gasteiger partial charge in [0.25, 0.3) is 0 Å². The van der Waals surface area contributed by atoms with Crippen molar-refractivity contribution in [1.29, 1.82) is 0 Å². The summed E-state index contributed by atoms with van der Waals surface area (Å²) in [6.45, 7) is 0. The number of hydrogen-bond acceptors (Lipinski definition) is 3. The molecule has 0 spiro atoms. The Morgan fingerprint density at radius 3 is 3.18 bits per heavy atom. The van der Waals surface area contributed by atoms with E-state index in [1.807, 2.05) is 11.8 Å². The van der Waals surface area contributed by atoms with Gasteiger partial charge in [0.05, 0.1) is 17.6 Å². The fourth-order valence-electron chi connectivity index (χ4n) is 1.39. The maximum absolute atomic E-state index is 5.72. The molecule has 0 amide bonds. The first-order valence-electron chi connectivity index (χ1n) is 3.74. The second-order valence-corrected chi connectivity index (χ2v) is 3.95. The predicted molar refractivity (Wildman–Crippen MR) is 47.7 cm³/mol. The predicted octanol–water partition coefficient (Wildman–Crippen LogP) is 1.21. The summed E-state index contributed by atoms with van der Waals surface area (Å²) in [4.78, 5) is 0. The second kappa shape index (κ2) is 2.77. The first-order valence-corrected chi connectivity index (χ1v) is 4.90. The molecule has 4 heteroatoms. The van der Waals surface area contributed by atoms with Crippen LogP contribution in [0, 0.1) is 0 Å². The first kappa shape index (κ1) is 7.03. The van der Waals surface area contributed by atoms with Crippen LogP contribution in [-0.2, 0) is 0 Å². The molecule has 0 radical (unpaired) electrons. The van der Waals surface area contributed by atoms with E-state index in [0.717, 1.165) is 11.4 Å². The highest BCUT2D eigenvalue weighted by atomic mass is 32.2. The van der Waals surface area contributed by atoms with Crippen LogP contribution >= 0.6 is 11.8 Å². The zero-order valence-electron chi connectivity index (χ0n) is 6.21. The highest BCUT2D eigenvalue weighted by Crippen LogP contribution is 2.33. The topological polar surface area (TPSA) is 54.7 Å². The van der Waals surface area contributed by atoms with Gasteiger partial charge in [0.15, 0.2) is 0 Å². The second-order valence-electron chi connectivity index (χ2n) is 2.80. The lowest BCUT2D eigenvalue weighted by molar-refractivity contribution is 0.747. The fourth-order valence-corrected chi connectivity index (χ4v) is 2.63. The Morgan fingerprint density at radius 1 is 1.73 bits per heavy atom. The van der Waals surface area contributed by atoms with Crippen LogP contribution in [0.4, 0.5) is 5.69 Å². The third-order valence-electron chi connectivity index (χ3n) is 2.04. The summed E-state index contributed by atoms with van der Waals surface area (Å²) < 4.78 is 0. The molecular weight excluding hydrogens is 158 g/mol. The summed E-state index contributed by atoms with van der Waals surface area (Å²) in [6, 6.07) is 0. The molecule has 60 valence electrons. The van der Waals surface area contributed by atoms with Crippen LogP contribution in [0.1, 0.15) is 18.0 Å². The third kappa shape index (κ3) is 1.22. The molecule has 1 atom stereocenters. The molecule has 1 fully saturated rings. The Hall–Kier alpha value is -0.640. The van der Waals surface area contributed by atoms with E-state index in [1.165, 1.54) is 17.9 Å². The molecule has 1 aromatic heterocycles. The minimum Gasteiger partial charge on any atom is -0.396 e. The molecule has 2 rings (SSSR count). The number of nitrogens with two attached hydrogens (primary N) is 1. The number of rotatable bonds is 1. The van der Waals surface area contributed by atoms with Crippen molar-refractivity contribution in [2.75, 3.05) is 17.2 Å². The zero-order chi connectivity index (χ0) is 7.68. The normalized spacial score (nSPS) is 24.2. The van der Waals surface area contributed by atoms with Crippen LogP contribution in [-0.4, -0.2) is 21.7 Å². The summed E-state index contributed by atoms with van der Waals surface area (Å²) in [5, 5.41) is 6.87. The molecule has 3 nitrogen and oxygen atoms in total. The van der Waals surface area contributed by atoms with E-state index in [-0.39, 0.29) is 0 Å². The van der Waals surface area contributed by atoms with Gasteiger partial charge < -0.3 is 5.73 Å². The smallest absolute Gasteiger partial charge is 0.0733 e. The lowest BCUT2D eigenvalue weighted by atomic mass is 10.0. The number of nitrogens with one attached hydrogen (secondary N) is 1. The van der Waals surface area contributed by atoms with Gasteiger partial charge in [0.2, 0.25) is 0 Å². The first-order chi connectivity index (χ1) is 5.38. The van der Waals surface area contributed by atoms with Crippen LogP contribution in [0.2, 0.25) is 0 Å². The molecule has 0 aromatic carbocycles. The molecule has 1 aliphatic heterocycles. The van der Waals surface area contributed by atoms with E-state index in [0.29, 0.717) is 5.92 Å². The summed E-state index contributed by atoms with van der Waals surface area (Å²) >= 11 is 1.99. The Morgan fingerprint density at radius 2 is 2.64 bits per heavy atom. The maximum Gasteiger partial charge on any atom is 0.0733 e. The summed E-state index contributed by atoms with van der Waals surface area (Å²) in [5.74, 6) is 3.05. The number of aromatic nitrogens is 2. The third-order valence-corrected chi connectivity index (χ3v) is 3.20. The van der Waals surface area contributed by atoms with Crippen molar-refractivity contribution in [3.8, 4) is 0 Å². The van der Waals surface area contributed by atoms with Crippen LogP contribution < -0.4 is 5.73 Å². The van der Waals surface area contributed by atoms with Crippen molar-refractivity contribution in [3.63, 3.8) is 0 Å². The van der Waals surface area contributed by atoms with Gasteiger partial charge in [-0.1, -0.05) is 0 Å². The largest absolute Gasteiger partial charge is 0.396 e. The SMILES string of the molecule is Nc1cn[nH]c1C1CCSC1. The Labute approximate surface area is 69.7 Å². The molecule has 0 saturated carbocycles. The summed E-state index contributed by atoms with van der Waals surface area (Å²) in [5.41, 5.74) is 7.67. The highest BCUT2D eigenvalue weighted by Gasteiger charge is 2.20. The quantitative estimate of drug-likeness (QED) is 0.664. The van der Waals surface area contributed by atoms with Crippen LogP contribution in [0.3, 0.4) is 0 Å². The van der Waals surface area contributed by atoms with Crippen molar-refractivity contribution in [2.45, 2.75) is 12.3 Å². The standard InChI is InChI=1S/C7H11N3S/c8-6-3-9-10-7(6)5-1-2-11-4-5/h3,5H,1-2,4,8H2,(H,9,10). The number of nitrogens with zero attached hydrogens (tertiary/aromatic N) is 1. The van der Waals surface area contributed by atoms with Gasteiger partial charge in [-0.15, -0.1) is 0 Å². The Bertz CT molecular complexity index is 240. The van der Waals surface area contributed by atoms with Gasteiger partial charge in [0, 0.05) is 11.7 Å². The molecule has 0 bridgehead atoms. The summed E-state index contributed by atoms with van der Waals surface area (Å²) in [6.07, 6.45) is 2.93. The van der Waals surface area contributed by atoms with Crippen molar-refractivity contribution in [1.82, 2.24) is 10.2 Å².